The second kappa shape index (κ2) is 10.0. The van der Waals surface area contributed by atoms with E-state index in [2.05, 4.69) is 10.1 Å². The van der Waals surface area contributed by atoms with E-state index in [-0.39, 0.29) is 12.5 Å². The number of nitrogens with one attached hydrogen (secondary N) is 1. The first-order valence-corrected chi connectivity index (χ1v) is 7.24. The van der Waals surface area contributed by atoms with Crippen LogP contribution in [0.25, 0.3) is 0 Å². The van der Waals surface area contributed by atoms with Crippen molar-refractivity contribution in [3.05, 3.63) is 0 Å². The van der Waals surface area contributed by atoms with Crippen molar-refractivity contribution in [3.63, 3.8) is 0 Å². The maximum absolute atomic E-state index is 12.2. The number of methoxy groups -OCH3 is 1. The van der Waals surface area contributed by atoms with Gasteiger partial charge in [0.05, 0.1) is 13.5 Å². The number of esters is 1. The third-order valence-corrected chi connectivity index (χ3v) is 3.33. The van der Waals surface area contributed by atoms with Crippen LogP contribution in [0.15, 0.2) is 0 Å². The molecule has 0 aliphatic carbocycles. The number of carboxylic acids is 1. The van der Waals surface area contributed by atoms with Crippen molar-refractivity contribution >= 4 is 18.0 Å². The highest BCUT2D eigenvalue weighted by Crippen LogP contribution is 2.07. The zero-order chi connectivity index (χ0) is 16.4. The summed E-state index contributed by atoms with van der Waals surface area (Å²) in [5, 5.41) is 11.5. The lowest BCUT2D eigenvalue weighted by Crippen LogP contribution is -2.51. The first-order valence-electron chi connectivity index (χ1n) is 7.24. The summed E-state index contributed by atoms with van der Waals surface area (Å²) in [6.45, 7) is 6.44. The van der Waals surface area contributed by atoms with E-state index in [4.69, 9.17) is 5.11 Å². The van der Waals surface area contributed by atoms with Gasteiger partial charge in [-0.15, -0.1) is 0 Å². The highest BCUT2D eigenvalue weighted by atomic mass is 16.5. The molecule has 0 rings (SSSR count). The summed E-state index contributed by atoms with van der Waals surface area (Å²) in [5.41, 5.74) is 0. The van der Waals surface area contributed by atoms with Gasteiger partial charge < -0.3 is 20.1 Å². The smallest absolute Gasteiger partial charge is 0.326 e. The maximum Gasteiger partial charge on any atom is 0.326 e. The van der Waals surface area contributed by atoms with Crippen LogP contribution in [-0.2, 0) is 14.3 Å². The van der Waals surface area contributed by atoms with Gasteiger partial charge in [-0.2, -0.15) is 0 Å². The third kappa shape index (κ3) is 6.97. The van der Waals surface area contributed by atoms with Crippen molar-refractivity contribution in [3.8, 4) is 0 Å². The van der Waals surface area contributed by atoms with Crippen LogP contribution in [-0.4, -0.2) is 53.7 Å². The SMILES string of the molecule is CCCCN(C(=O)N[C@@H](CC(=O)OC)C(=O)O)C(C)CC. The molecule has 1 unspecified atom stereocenters. The summed E-state index contributed by atoms with van der Waals surface area (Å²) in [7, 11) is 1.18. The lowest BCUT2D eigenvalue weighted by molar-refractivity contribution is -0.147. The molecule has 21 heavy (non-hydrogen) atoms. The van der Waals surface area contributed by atoms with Crippen LogP contribution in [0.2, 0.25) is 0 Å². The summed E-state index contributed by atoms with van der Waals surface area (Å²) < 4.78 is 4.44. The maximum atomic E-state index is 12.2. The molecule has 122 valence electrons. The molecular formula is C14H26N2O5. The fourth-order valence-electron chi connectivity index (χ4n) is 1.75. The number of carbonyl (C=O) groups excluding carboxylic acids is 2. The van der Waals surface area contributed by atoms with Crippen molar-refractivity contribution in [2.75, 3.05) is 13.7 Å². The van der Waals surface area contributed by atoms with E-state index >= 15 is 0 Å². The number of rotatable bonds is 9. The summed E-state index contributed by atoms with van der Waals surface area (Å²) in [6, 6.07) is -1.74. The van der Waals surface area contributed by atoms with E-state index in [1.54, 1.807) is 4.90 Å². The van der Waals surface area contributed by atoms with Gasteiger partial charge in [0.25, 0.3) is 0 Å². The third-order valence-electron chi connectivity index (χ3n) is 3.33. The van der Waals surface area contributed by atoms with Crippen molar-refractivity contribution in [1.29, 1.82) is 0 Å². The molecule has 0 saturated carbocycles. The van der Waals surface area contributed by atoms with E-state index in [9.17, 15) is 14.4 Å². The molecule has 7 nitrogen and oxygen atoms in total. The Bertz CT molecular complexity index is 359. The Morgan fingerprint density at radius 2 is 1.90 bits per heavy atom. The van der Waals surface area contributed by atoms with Crippen molar-refractivity contribution in [2.24, 2.45) is 0 Å². The molecule has 2 amide bonds. The van der Waals surface area contributed by atoms with Gasteiger partial charge in [-0.05, 0) is 19.8 Å². The zero-order valence-electron chi connectivity index (χ0n) is 13.2. The number of aliphatic carboxylic acids is 1. The second-order valence-electron chi connectivity index (χ2n) is 4.92. The Kier molecular flexibility index (Phi) is 9.16. The van der Waals surface area contributed by atoms with Crippen molar-refractivity contribution in [2.45, 2.75) is 58.5 Å². The Morgan fingerprint density at radius 3 is 2.33 bits per heavy atom. The highest BCUT2D eigenvalue weighted by molar-refractivity contribution is 5.86. The number of amides is 2. The fraction of sp³-hybridized carbons (Fsp3) is 0.786. The Labute approximate surface area is 125 Å². The predicted molar refractivity (Wildman–Crippen MR) is 78.0 cm³/mol. The average Bonchev–Trinajstić information content (AvgIpc) is 2.46. The number of carbonyl (C=O) groups is 3. The van der Waals surface area contributed by atoms with Gasteiger partial charge in [0.1, 0.15) is 6.04 Å². The molecule has 0 bridgehead atoms. The van der Waals surface area contributed by atoms with Gasteiger partial charge >= 0.3 is 18.0 Å². The van der Waals surface area contributed by atoms with Gasteiger partial charge in [0.2, 0.25) is 0 Å². The molecule has 0 aliphatic rings. The van der Waals surface area contributed by atoms with E-state index in [0.29, 0.717) is 6.54 Å². The molecule has 0 aliphatic heterocycles. The van der Waals surface area contributed by atoms with E-state index in [0.717, 1.165) is 19.3 Å². The molecule has 0 heterocycles. The van der Waals surface area contributed by atoms with Gasteiger partial charge in [-0.1, -0.05) is 20.3 Å². The predicted octanol–water partition coefficient (Wildman–Crippen LogP) is 1.61. The number of urea groups is 1. The lowest BCUT2D eigenvalue weighted by Gasteiger charge is -2.30. The summed E-state index contributed by atoms with van der Waals surface area (Å²) in [5.74, 6) is -1.93. The highest BCUT2D eigenvalue weighted by Gasteiger charge is 2.27. The average molecular weight is 302 g/mol. The quantitative estimate of drug-likeness (QED) is 0.631. The number of carboxylic acid groups (broad SMARTS) is 1. The zero-order valence-corrected chi connectivity index (χ0v) is 13.2. The monoisotopic (exact) mass is 302 g/mol. The molecule has 2 N–H and O–H groups in total. The number of nitrogens with zero attached hydrogens (tertiary/aromatic N) is 1. The summed E-state index contributed by atoms with van der Waals surface area (Å²) in [4.78, 5) is 36.2. The standard InChI is InChI=1S/C14H26N2O5/c1-5-7-8-16(10(3)6-2)14(20)15-11(13(18)19)9-12(17)21-4/h10-11H,5-9H2,1-4H3,(H,15,20)(H,18,19)/t10?,11-/m0/s1. The minimum absolute atomic E-state index is 0.00382. The van der Waals surface area contributed by atoms with Gasteiger partial charge in [-0.25, -0.2) is 9.59 Å². The van der Waals surface area contributed by atoms with Gasteiger partial charge in [0.15, 0.2) is 0 Å². The van der Waals surface area contributed by atoms with E-state index < -0.39 is 24.0 Å². The minimum Gasteiger partial charge on any atom is -0.480 e. The molecule has 0 radical (unpaired) electrons. The molecule has 0 aromatic rings. The van der Waals surface area contributed by atoms with Crippen LogP contribution in [0.5, 0.6) is 0 Å². The van der Waals surface area contributed by atoms with E-state index in [1.807, 2.05) is 20.8 Å². The first kappa shape index (κ1) is 19.2. The molecule has 0 fully saturated rings. The lowest BCUT2D eigenvalue weighted by atomic mass is 10.2. The Hall–Kier alpha value is -1.79. The van der Waals surface area contributed by atoms with Gasteiger partial charge in [0, 0.05) is 12.6 Å². The van der Waals surface area contributed by atoms with Crippen molar-refractivity contribution < 1.29 is 24.2 Å². The number of unbranched alkanes of at least 4 members (excludes halogenated alkanes) is 1. The summed E-state index contributed by atoms with van der Waals surface area (Å²) >= 11 is 0. The van der Waals surface area contributed by atoms with Crippen LogP contribution in [0, 0.1) is 0 Å². The van der Waals surface area contributed by atoms with Crippen LogP contribution >= 0.6 is 0 Å². The van der Waals surface area contributed by atoms with Crippen LogP contribution in [0.1, 0.15) is 46.5 Å². The second-order valence-corrected chi connectivity index (χ2v) is 4.92. The molecule has 2 atom stereocenters. The van der Waals surface area contributed by atoms with Crippen LogP contribution in [0.4, 0.5) is 4.79 Å². The molecule has 0 aromatic heterocycles. The van der Waals surface area contributed by atoms with Crippen LogP contribution < -0.4 is 5.32 Å². The minimum atomic E-state index is -1.28. The fourth-order valence-corrected chi connectivity index (χ4v) is 1.75. The molecule has 0 spiro atoms. The molecule has 0 aromatic carbocycles. The number of hydrogen-bond acceptors (Lipinski definition) is 4. The van der Waals surface area contributed by atoms with Gasteiger partial charge in [-0.3, -0.25) is 4.79 Å². The Balaban J connectivity index is 4.81. The number of ether oxygens (including phenoxy) is 1. The normalized spacial score (nSPS) is 13.1. The molecule has 7 heteroatoms. The molecule has 0 saturated heterocycles. The van der Waals surface area contributed by atoms with Crippen molar-refractivity contribution in [1.82, 2.24) is 10.2 Å². The van der Waals surface area contributed by atoms with Crippen LogP contribution in [0.3, 0.4) is 0 Å². The first-order chi connectivity index (χ1) is 9.87. The van der Waals surface area contributed by atoms with E-state index in [1.165, 1.54) is 7.11 Å². The molecular weight excluding hydrogens is 276 g/mol. The Morgan fingerprint density at radius 1 is 1.29 bits per heavy atom. The largest absolute Gasteiger partial charge is 0.480 e. The summed E-state index contributed by atoms with van der Waals surface area (Å²) in [6.07, 6.45) is 2.16. The number of hydrogen-bond donors (Lipinski definition) is 2. The topological polar surface area (TPSA) is 95.9 Å².